The van der Waals surface area contributed by atoms with Crippen LogP contribution in [0.25, 0.3) is 0 Å². The van der Waals surface area contributed by atoms with Crippen LogP contribution >= 0.6 is 0 Å². The Hall–Kier alpha value is -3.67. The first-order valence-electron chi connectivity index (χ1n) is 27.7. The summed E-state index contributed by atoms with van der Waals surface area (Å²) in [5.41, 5.74) is 0. The van der Waals surface area contributed by atoms with Crippen molar-refractivity contribution in [1.82, 2.24) is 0 Å². The molecule has 0 rings (SSSR count). The van der Waals surface area contributed by atoms with Crippen molar-refractivity contribution in [2.45, 2.75) is 258 Å². The van der Waals surface area contributed by atoms with Gasteiger partial charge in [0.15, 0.2) is 6.10 Å². The lowest BCUT2D eigenvalue weighted by Gasteiger charge is -2.18. The van der Waals surface area contributed by atoms with E-state index in [1.165, 1.54) is 128 Å². The maximum absolute atomic E-state index is 12.8. The molecule has 0 aliphatic carbocycles. The molecule has 0 amide bonds. The van der Waals surface area contributed by atoms with Gasteiger partial charge in [-0.3, -0.25) is 14.4 Å². The smallest absolute Gasteiger partial charge is 0.306 e. The molecule has 0 unspecified atom stereocenters. The molecule has 0 aliphatic heterocycles. The van der Waals surface area contributed by atoms with E-state index in [1.807, 2.05) is 0 Å². The first-order valence-corrected chi connectivity index (χ1v) is 27.7. The van der Waals surface area contributed by atoms with E-state index < -0.39 is 6.10 Å². The van der Waals surface area contributed by atoms with E-state index in [9.17, 15) is 14.4 Å². The van der Waals surface area contributed by atoms with Gasteiger partial charge >= 0.3 is 17.9 Å². The molecule has 0 N–H and O–H groups in total. The summed E-state index contributed by atoms with van der Waals surface area (Å²) in [7, 11) is 0. The van der Waals surface area contributed by atoms with Crippen molar-refractivity contribution in [1.29, 1.82) is 0 Å². The van der Waals surface area contributed by atoms with Crippen LogP contribution in [0.2, 0.25) is 0 Å². The normalized spacial score (nSPS) is 12.8. The van der Waals surface area contributed by atoms with Crippen LogP contribution in [-0.4, -0.2) is 37.2 Å². The number of hydrogen-bond donors (Lipinski definition) is 0. The zero-order chi connectivity index (χ0) is 48.6. The highest BCUT2D eigenvalue weighted by Crippen LogP contribution is 2.13. The summed E-state index contributed by atoms with van der Waals surface area (Å²) in [5, 5.41) is 0. The fraction of sp³-hybridized carbons (Fsp3) is 0.689. The van der Waals surface area contributed by atoms with Gasteiger partial charge in [-0.1, -0.05) is 208 Å². The van der Waals surface area contributed by atoms with Crippen LogP contribution in [0.4, 0.5) is 0 Å². The summed E-state index contributed by atoms with van der Waals surface area (Å²) < 4.78 is 16.8. The number of rotatable bonds is 49. The van der Waals surface area contributed by atoms with E-state index in [-0.39, 0.29) is 44.0 Å². The van der Waals surface area contributed by atoms with Crippen LogP contribution in [0.15, 0.2) is 97.2 Å². The molecule has 67 heavy (non-hydrogen) atoms. The van der Waals surface area contributed by atoms with Crippen LogP contribution in [0.3, 0.4) is 0 Å². The van der Waals surface area contributed by atoms with Crippen molar-refractivity contribution in [3.8, 4) is 0 Å². The molecular weight excluding hydrogens is 829 g/mol. The number of carbonyl (C=O) groups excluding carboxylic acids is 3. The molecule has 0 radical (unpaired) electrons. The van der Waals surface area contributed by atoms with Crippen LogP contribution in [-0.2, 0) is 28.6 Å². The highest BCUT2D eigenvalue weighted by molar-refractivity contribution is 5.71. The number of unbranched alkanes of at least 4 members (excludes halogenated alkanes) is 22. The maximum atomic E-state index is 12.8. The SMILES string of the molecule is CCCCC/C=C\C/C=C\C/C=C\C/C=C\CCCC(=O)OC[C@H](COC(=O)CCCCCCCCC/C=C\CCCCCCCC)OC(=O)CCCC/C=C\C/C=C\C/C=C\CCCCC. The summed E-state index contributed by atoms with van der Waals surface area (Å²) in [4.78, 5) is 38.1. The molecule has 6 heteroatoms. The van der Waals surface area contributed by atoms with E-state index in [4.69, 9.17) is 14.2 Å². The van der Waals surface area contributed by atoms with Gasteiger partial charge < -0.3 is 14.2 Å². The molecule has 0 aromatic rings. The zero-order valence-corrected chi connectivity index (χ0v) is 43.6. The highest BCUT2D eigenvalue weighted by Gasteiger charge is 2.19. The third-order valence-electron chi connectivity index (χ3n) is 11.5. The van der Waals surface area contributed by atoms with E-state index in [0.29, 0.717) is 19.3 Å². The lowest BCUT2D eigenvalue weighted by Crippen LogP contribution is -2.30. The fourth-order valence-electron chi connectivity index (χ4n) is 7.32. The summed E-state index contributed by atoms with van der Waals surface area (Å²) >= 11 is 0. The Labute approximate surface area is 413 Å². The zero-order valence-electron chi connectivity index (χ0n) is 43.6. The largest absolute Gasteiger partial charge is 0.462 e. The Morgan fingerprint density at radius 2 is 0.552 bits per heavy atom. The summed E-state index contributed by atoms with van der Waals surface area (Å²) in [6.45, 7) is 6.49. The quantitative estimate of drug-likeness (QED) is 0.0262. The first-order chi connectivity index (χ1) is 33.0. The minimum absolute atomic E-state index is 0.113. The van der Waals surface area contributed by atoms with Crippen molar-refractivity contribution in [3.05, 3.63) is 97.2 Å². The highest BCUT2D eigenvalue weighted by atomic mass is 16.6. The average Bonchev–Trinajstić information content (AvgIpc) is 3.33. The summed E-state index contributed by atoms with van der Waals surface area (Å²) in [6, 6.07) is 0. The first kappa shape index (κ1) is 63.3. The molecule has 0 saturated heterocycles. The number of esters is 3. The predicted molar refractivity (Wildman–Crippen MR) is 288 cm³/mol. The summed E-state index contributed by atoms with van der Waals surface area (Å²) in [5.74, 6) is -1.01. The molecule has 0 aromatic carbocycles. The molecular formula is C61H102O6. The monoisotopic (exact) mass is 931 g/mol. The Kier molecular flexibility index (Phi) is 51.9. The van der Waals surface area contributed by atoms with Gasteiger partial charge in [0.2, 0.25) is 0 Å². The molecule has 0 heterocycles. The van der Waals surface area contributed by atoms with E-state index in [1.54, 1.807) is 0 Å². The predicted octanol–water partition coefficient (Wildman–Crippen LogP) is 18.5. The van der Waals surface area contributed by atoms with Gasteiger partial charge in [-0.05, 0) is 122 Å². The Balaban J connectivity index is 4.53. The number of carbonyl (C=O) groups is 3. The van der Waals surface area contributed by atoms with E-state index >= 15 is 0 Å². The van der Waals surface area contributed by atoms with Crippen LogP contribution < -0.4 is 0 Å². The minimum Gasteiger partial charge on any atom is -0.462 e. The standard InChI is InChI=1S/C61H102O6/c1-4-7-10-13-16-19-22-25-28-30-33-35-38-41-44-47-50-53-59(62)65-56-58(67-61(64)55-52-49-46-43-40-37-32-27-24-21-18-15-12-9-6-3)57-66-60(63)54-51-48-45-42-39-36-34-31-29-26-23-20-17-14-11-8-5-2/h16,18-19,21,25-29,32-33,35,40-41,43-44,58H,4-15,17,20,22-24,30-31,34,36-39,42,45-57H2,1-3H3/b19-16-,21-18-,28-25-,29-26-,32-27-,35-33-,43-40-,44-41-/t58-/m1/s1. The van der Waals surface area contributed by atoms with Gasteiger partial charge in [0.05, 0.1) is 0 Å². The van der Waals surface area contributed by atoms with Crippen molar-refractivity contribution >= 4 is 17.9 Å². The van der Waals surface area contributed by atoms with Gasteiger partial charge in [-0.15, -0.1) is 0 Å². The second-order valence-electron chi connectivity index (χ2n) is 18.1. The molecule has 1 atom stereocenters. The lowest BCUT2D eigenvalue weighted by atomic mass is 10.1. The van der Waals surface area contributed by atoms with Crippen molar-refractivity contribution in [3.63, 3.8) is 0 Å². The van der Waals surface area contributed by atoms with E-state index in [0.717, 1.165) is 70.6 Å². The average molecular weight is 931 g/mol. The molecule has 382 valence electrons. The van der Waals surface area contributed by atoms with Crippen LogP contribution in [0.1, 0.15) is 252 Å². The molecule has 0 saturated carbocycles. The molecule has 0 spiro atoms. The molecule has 6 nitrogen and oxygen atoms in total. The van der Waals surface area contributed by atoms with Crippen molar-refractivity contribution in [2.24, 2.45) is 0 Å². The Morgan fingerprint density at radius 3 is 0.970 bits per heavy atom. The maximum Gasteiger partial charge on any atom is 0.306 e. The summed E-state index contributed by atoms with van der Waals surface area (Å²) in [6.07, 6.45) is 72.5. The topological polar surface area (TPSA) is 78.9 Å². The molecule has 0 aliphatic rings. The number of ether oxygens (including phenoxy) is 3. The molecule has 0 bridgehead atoms. The van der Waals surface area contributed by atoms with Crippen molar-refractivity contribution in [2.75, 3.05) is 13.2 Å². The third kappa shape index (κ3) is 53.2. The van der Waals surface area contributed by atoms with Gasteiger partial charge in [-0.2, -0.15) is 0 Å². The lowest BCUT2D eigenvalue weighted by molar-refractivity contribution is -0.167. The van der Waals surface area contributed by atoms with Gasteiger partial charge in [0.1, 0.15) is 13.2 Å². The second-order valence-corrected chi connectivity index (χ2v) is 18.1. The second kappa shape index (κ2) is 54.9. The van der Waals surface area contributed by atoms with Crippen LogP contribution in [0.5, 0.6) is 0 Å². The van der Waals surface area contributed by atoms with E-state index in [2.05, 4.69) is 118 Å². The van der Waals surface area contributed by atoms with Crippen molar-refractivity contribution < 1.29 is 28.6 Å². The van der Waals surface area contributed by atoms with Crippen LogP contribution in [0, 0.1) is 0 Å². The minimum atomic E-state index is -0.822. The Bertz CT molecular complexity index is 1350. The number of hydrogen-bond acceptors (Lipinski definition) is 6. The molecule has 0 fully saturated rings. The van der Waals surface area contributed by atoms with Gasteiger partial charge in [0.25, 0.3) is 0 Å². The third-order valence-corrected chi connectivity index (χ3v) is 11.5. The molecule has 0 aromatic heterocycles. The number of allylic oxidation sites excluding steroid dienone is 16. The van der Waals surface area contributed by atoms with Gasteiger partial charge in [-0.25, -0.2) is 0 Å². The fourth-order valence-corrected chi connectivity index (χ4v) is 7.32. The Morgan fingerprint density at radius 1 is 0.299 bits per heavy atom. The van der Waals surface area contributed by atoms with Gasteiger partial charge in [0, 0.05) is 19.3 Å².